The van der Waals surface area contributed by atoms with Gasteiger partial charge in [0.2, 0.25) is 0 Å². The van der Waals surface area contributed by atoms with Crippen molar-refractivity contribution in [2.75, 3.05) is 19.7 Å². The molecule has 1 heterocycles. The highest BCUT2D eigenvalue weighted by Gasteiger charge is 2.16. The fourth-order valence-electron chi connectivity index (χ4n) is 2.78. The Labute approximate surface area is 120 Å². The Morgan fingerprint density at radius 2 is 2.05 bits per heavy atom. The number of hydrogen-bond acceptors (Lipinski definition) is 3. The summed E-state index contributed by atoms with van der Waals surface area (Å²) in [5, 5.41) is 6.30. The quantitative estimate of drug-likeness (QED) is 0.882. The molecule has 2 rings (SSSR count). The number of ether oxygens (including phenoxy) is 1. The average Bonchev–Trinajstić information content (AvgIpc) is 2.38. The first-order chi connectivity index (χ1) is 9.56. The topological polar surface area (TPSA) is 50.4 Å². The summed E-state index contributed by atoms with van der Waals surface area (Å²) in [4.78, 5) is 11.9. The molecule has 110 valence electrons. The molecule has 0 aromatic heterocycles. The predicted molar refractivity (Wildman–Crippen MR) is 80.2 cm³/mol. The van der Waals surface area contributed by atoms with Crippen LogP contribution in [0.1, 0.15) is 29.5 Å². The second kappa shape index (κ2) is 6.75. The summed E-state index contributed by atoms with van der Waals surface area (Å²) in [5.41, 5.74) is 3.37. The molecule has 1 saturated heterocycles. The van der Waals surface area contributed by atoms with E-state index in [1.165, 1.54) is 5.56 Å². The molecule has 1 amide bonds. The third-order valence-electron chi connectivity index (χ3n) is 3.61. The van der Waals surface area contributed by atoms with Gasteiger partial charge < -0.3 is 15.4 Å². The molecule has 0 radical (unpaired) electrons. The molecule has 4 heteroatoms. The van der Waals surface area contributed by atoms with Gasteiger partial charge in [-0.05, 0) is 51.3 Å². The van der Waals surface area contributed by atoms with Gasteiger partial charge in [0.05, 0.1) is 0 Å². The van der Waals surface area contributed by atoms with Crippen LogP contribution in [-0.2, 0) is 4.79 Å². The summed E-state index contributed by atoms with van der Waals surface area (Å²) in [5.74, 6) is 0.783. The normalized spacial score (nSPS) is 18.6. The van der Waals surface area contributed by atoms with Crippen molar-refractivity contribution in [3.05, 3.63) is 28.8 Å². The molecule has 2 N–H and O–H groups in total. The van der Waals surface area contributed by atoms with E-state index in [1.807, 2.05) is 13.8 Å². The number of carbonyl (C=O) groups excluding carboxylic acids is 1. The van der Waals surface area contributed by atoms with Crippen molar-refractivity contribution in [2.24, 2.45) is 0 Å². The Kier molecular flexibility index (Phi) is 5.01. The smallest absolute Gasteiger partial charge is 0.258 e. The Hall–Kier alpha value is -1.55. The van der Waals surface area contributed by atoms with E-state index in [9.17, 15) is 4.79 Å². The van der Waals surface area contributed by atoms with Gasteiger partial charge in [-0.25, -0.2) is 0 Å². The molecule has 1 atom stereocenters. The van der Waals surface area contributed by atoms with Gasteiger partial charge in [-0.15, -0.1) is 0 Å². The molecule has 0 unspecified atom stereocenters. The molecule has 0 bridgehead atoms. The van der Waals surface area contributed by atoms with Crippen LogP contribution in [0.5, 0.6) is 5.75 Å². The van der Waals surface area contributed by atoms with E-state index in [0.717, 1.165) is 42.8 Å². The van der Waals surface area contributed by atoms with Gasteiger partial charge in [-0.3, -0.25) is 4.79 Å². The molecule has 0 saturated carbocycles. The van der Waals surface area contributed by atoms with Crippen LogP contribution in [0.3, 0.4) is 0 Å². The molecule has 20 heavy (non-hydrogen) atoms. The van der Waals surface area contributed by atoms with Gasteiger partial charge >= 0.3 is 0 Å². The fraction of sp³-hybridized carbons (Fsp3) is 0.562. The maximum absolute atomic E-state index is 11.9. The number of amides is 1. The number of hydrogen-bond donors (Lipinski definition) is 2. The zero-order chi connectivity index (χ0) is 14.5. The first kappa shape index (κ1) is 14.9. The van der Waals surface area contributed by atoms with Crippen LogP contribution >= 0.6 is 0 Å². The van der Waals surface area contributed by atoms with Crippen molar-refractivity contribution in [1.82, 2.24) is 10.6 Å². The van der Waals surface area contributed by atoms with Crippen molar-refractivity contribution in [1.29, 1.82) is 0 Å². The zero-order valence-electron chi connectivity index (χ0n) is 12.6. The van der Waals surface area contributed by atoms with Crippen LogP contribution < -0.4 is 15.4 Å². The van der Waals surface area contributed by atoms with E-state index in [0.29, 0.717) is 0 Å². The van der Waals surface area contributed by atoms with E-state index in [4.69, 9.17) is 4.74 Å². The van der Waals surface area contributed by atoms with Gasteiger partial charge in [0.25, 0.3) is 5.91 Å². The maximum Gasteiger partial charge on any atom is 0.258 e. The van der Waals surface area contributed by atoms with E-state index < -0.39 is 0 Å². The maximum atomic E-state index is 11.9. The van der Waals surface area contributed by atoms with Crippen molar-refractivity contribution >= 4 is 5.91 Å². The first-order valence-corrected chi connectivity index (χ1v) is 7.27. The van der Waals surface area contributed by atoms with E-state index in [1.54, 1.807) is 0 Å². The van der Waals surface area contributed by atoms with Gasteiger partial charge in [0.1, 0.15) is 5.75 Å². The Morgan fingerprint density at radius 1 is 1.35 bits per heavy atom. The third kappa shape index (κ3) is 3.97. The average molecular weight is 276 g/mol. The molecule has 1 aromatic carbocycles. The number of nitrogens with one attached hydrogen (secondary N) is 2. The number of aryl methyl sites for hydroxylation is 3. The van der Waals surface area contributed by atoms with E-state index >= 15 is 0 Å². The summed E-state index contributed by atoms with van der Waals surface area (Å²) in [6, 6.07) is 4.39. The SMILES string of the molecule is Cc1cc(C)c(OCC(=O)N[C@H]2CCCNC2)c(C)c1. The largest absolute Gasteiger partial charge is 0.483 e. The van der Waals surface area contributed by atoms with Gasteiger partial charge in [0.15, 0.2) is 6.61 Å². The van der Waals surface area contributed by atoms with Crippen LogP contribution in [0.15, 0.2) is 12.1 Å². The summed E-state index contributed by atoms with van der Waals surface area (Å²) in [6.45, 7) is 8.07. The van der Waals surface area contributed by atoms with Crippen LogP contribution in [0.2, 0.25) is 0 Å². The monoisotopic (exact) mass is 276 g/mol. The second-order valence-corrected chi connectivity index (χ2v) is 5.63. The van der Waals surface area contributed by atoms with Crippen molar-refractivity contribution in [3.8, 4) is 5.75 Å². The zero-order valence-corrected chi connectivity index (χ0v) is 12.6. The van der Waals surface area contributed by atoms with Crippen molar-refractivity contribution in [3.63, 3.8) is 0 Å². The second-order valence-electron chi connectivity index (χ2n) is 5.63. The molecule has 1 aromatic rings. The molecule has 4 nitrogen and oxygen atoms in total. The molecule has 0 spiro atoms. The molecule has 0 aliphatic carbocycles. The minimum absolute atomic E-state index is 0.0434. The van der Waals surface area contributed by atoms with Crippen LogP contribution in [0.25, 0.3) is 0 Å². The predicted octanol–water partition coefficient (Wildman–Crippen LogP) is 1.86. The number of carbonyl (C=O) groups is 1. The standard InChI is InChI=1S/C16H24N2O2/c1-11-7-12(2)16(13(3)8-11)20-10-15(19)18-14-5-4-6-17-9-14/h7-8,14,17H,4-6,9-10H2,1-3H3,(H,18,19)/t14-/m0/s1. The summed E-state index contributed by atoms with van der Waals surface area (Å²) in [7, 11) is 0. The lowest BCUT2D eigenvalue weighted by atomic mass is 10.1. The third-order valence-corrected chi connectivity index (χ3v) is 3.61. The Morgan fingerprint density at radius 3 is 2.65 bits per heavy atom. The first-order valence-electron chi connectivity index (χ1n) is 7.27. The van der Waals surface area contributed by atoms with Gasteiger partial charge in [-0.1, -0.05) is 17.7 Å². The molecule has 1 aliphatic rings. The number of piperidine rings is 1. The van der Waals surface area contributed by atoms with Crippen molar-refractivity contribution < 1.29 is 9.53 Å². The minimum Gasteiger partial charge on any atom is -0.483 e. The highest BCUT2D eigenvalue weighted by Crippen LogP contribution is 2.24. The molecular formula is C16H24N2O2. The van der Waals surface area contributed by atoms with Crippen LogP contribution in [-0.4, -0.2) is 31.6 Å². The highest BCUT2D eigenvalue weighted by molar-refractivity contribution is 5.78. The fourth-order valence-corrected chi connectivity index (χ4v) is 2.78. The van der Waals surface area contributed by atoms with Crippen molar-refractivity contribution in [2.45, 2.75) is 39.7 Å². The number of benzene rings is 1. The Balaban J connectivity index is 1.87. The van der Waals surface area contributed by atoms with E-state index in [-0.39, 0.29) is 18.6 Å². The van der Waals surface area contributed by atoms with Gasteiger partial charge in [-0.2, -0.15) is 0 Å². The Bertz CT molecular complexity index is 456. The molecule has 1 aliphatic heterocycles. The molecule has 1 fully saturated rings. The minimum atomic E-state index is -0.0434. The van der Waals surface area contributed by atoms with E-state index in [2.05, 4.69) is 29.7 Å². The lowest BCUT2D eigenvalue weighted by Gasteiger charge is -2.24. The summed E-state index contributed by atoms with van der Waals surface area (Å²) >= 11 is 0. The van der Waals surface area contributed by atoms with Crippen LogP contribution in [0, 0.1) is 20.8 Å². The summed E-state index contributed by atoms with van der Waals surface area (Å²) < 4.78 is 5.69. The lowest BCUT2D eigenvalue weighted by Crippen LogP contribution is -2.47. The van der Waals surface area contributed by atoms with Gasteiger partial charge in [0, 0.05) is 12.6 Å². The highest BCUT2D eigenvalue weighted by atomic mass is 16.5. The number of rotatable bonds is 4. The summed E-state index contributed by atoms with van der Waals surface area (Å²) in [6.07, 6.45) is 2.16. The van der Waals surface area contributed by atoms with Crippen LogP contribution in [0.4, 0.5) is 0 Å². The lowest BCUT2D eigenvalue weighted by molar-refractivity contribution is -0.123. The molecular weight excluding hydrogens is 252 g/mol.